The van der Waals surface area contributed by atoms with Gasteiger partial charge in [-0.2, -0.15) is 0 Å². The fourth-order valence-corrected chi connectivity index (χ4v) is 4.50. The van der Waals surface area contributed by atoms with Crippen LogP contribution in [-0.2, 0) is 30.3 Å². The molecule has 2 heterocycles. The van der Waals surface area contributed by atoms with Crippen molar-refractivity contribution in [3.05, 3.63) is 53.6 Å². The summed E-state index contributed by atoms with van der Waals surface area (Å²) in [6.45, 7) is 1.49. The van der Waals surface area contributed by atoms with Gasteiger partial charge < -0.3 is 45.1 Å². The molecule has 5 amide bonds. The molecule has 0 spiro atoms. The summed E-state index contributed by atoms with van der Waals surface area (Å²) in [6.07, 6.45) is 0.585. The average Bonchev–Trinajstić information content (AvgIpc) is 3.03. The lowest BCUT2D eigenvalue weighted by Gasteiger charge is -2.24. The lowest BCUT2D eigenvalue weighted by molar-refractivity contribution is -0.139. The summed E-state index contributed by atoms with van der Waals surface area (Å²) in [7, 11) is 4.20. The lowest BCUT2D eigenvalue weighted by atomic mass is 10.0. The highest BCUT2D eigenvalue weighted by molar-refractivity contribution is 5.99. The van der Waals surface area contributed by atoms with Crippen LogP contribution in [0.1, 0.15) is 29.3 Å². The predicted octanol–water partition coefficient (Wildman–Crippen LogP) is 0.0395. The van der Waals surface area contributed by atoms with Crippen molar-refractivity contribution in [2.75, 3.05) is 60.7 Å². The first-order valence-electron chi connectivity index (χ1n) is 14.5. The van der Waals surface area contributed by atoms with E-state index in [1.165, 1.54) is 45.3 Å². The fourth-order valence-electron chi connectivity index (χ4n) is 4.50. The molecule has 0 unspecified atom stereocenters. The molecule has 2 aromatic rings. The van der Waals surface area contributed by atoms with E-state index >= 15 is 0 Å². The number of rotatable bonds is 6. The van der Waals surface area contributed by atoms with Crippen molar-refractivity contribution in [3.8, 4) is 17.2 Å². The third-order valence-corrected chi connectivity index (χ3v) is 6.90. The smallest absolute Gasteiger partial charge is 0.252 e. The summed E-state index contributed by atoms with van der Waals surface area (Å²) in [6, 6.07) is 10.0. The maximum absolute atomic E-state index is 13.3. The monoisotopic (exact) mass is 627 g/mol. The number of hydrogen-bond acceptors (Lipinski definition) is 9. The van der Waals surface area contributed by atoms with Gasteiger partial charge in [0.2, 0.25) is 29.4 Å². The maximum Gasteiger partial charge on any atom is 0.252 e. The molecule has 14 heteroatoms. The molecule has 0 aliphatic carbocycles. The highest BCUT2D eigenvalue weighted by Crippen LogP contribution is 2.38. The Hall–Kier alpha value is -4.85. The molecular formula is C31H41N5O9. The molecule has 0 aromatic heterocycles. The van der Waals surface area contributed by atoms with E-state index in [2.05, 4.69) is 21.3 Å². The Kier molecular flexibility index (Phi) is 13.4. The Morgan fingerprint density at radius 2 is 1.62 bits per heavy atom. The van der Waals surface area contributed by atoms with Crippen LogP contribution < -0.4 is 35.5 Å². The van der Waals surface area contributed by atoms with Crippen molar-refractivity contribution < 1.29 is 42.9 Å². The van der Waals surface area contributed by atoms with E-state index < -0.39 is 41.6 Å². The van der Waals surface area contributed by atoms with Gasteiger partial charge in [-0.25, -0.2) is 0 Å². The average molecular weight is 628 g/mol. The van der Waals surface area contributed by atoms with E-state index in [1.807, 2.05) is 30.3 Å². The topological polar surface area (TPSA) is 174 Å². The first kappa shape index (κ1) is 34.6. The second kappa shape index (κ2) is 17.4. The van der Waals surface area contributed by atoms with Crippen molar-refractivity contribution in [1.29, 1.82) is 0 Å². The minimum absolute atomic E-state index is 0.0160. The number of hydrogen-bond donors (Lipinski definition) is 4. The van der Waals surface area contributed by atoms with Crippen LogP contribution in [0, 0.1) is 0 Å². The van der Waals surface area contributed by atoms with Gasteiger partial charge in [-0.15, -0.1) is 0 Å². The van der Waals surface area contributed by atoms with E-state index in [1.54, 1.807) is 0 Å². The Balaban J connectivity index is 1.89. The molecule has 0 saturated carbocycles. The van der Waals surface area contributed by atoms with Gasteiger partial charge in [-0.3, -0.25) is 24.0 Å². The summed E-state index contributed by atoms with van der Waals surface area (Å²) in [5, 5.41) is 10.9. The summed E-state index contributed by atoms with van der Waals surface area (Å²) in [5.74, 6) is -1.76. The molecule has 14 nitrogen and oxygen atoms in total. The van der Waals surface area contributed by atoms with Gasteiger partial charge in [0, 0.05) is 38.7 Å². The minimum Gasteiger partial charge on any atom is -0.493 e. The van der Waals surface area contributed by atoms with Gasteiger partial charge >= 0.3 is 0 Å². The largest absolute Gasteiger partial charge is 0.493 e. The van der Waals surface area contributed by atoms with Gasteiger partial charge in [-0.1, -0.05) is 30.3 Å². The van der Waals surface area contributed by atoms with Gasteiger partial charge in [0.1, 0.15) is 18.7 Å². The quantitative estimate of drug-likeness (QED) is 0.323. The number of nitrogens with one attached hydrogen (secondary N) is 4. The standard InChI is InChI=1S/C31H41N5O9/c1-20-29(39)35-23(15-21-9-6-5-7-10-21)31(41)33-12-13-36(27(38)19-42-2)18-26(37)32-11-8-14-45-28-24(43-3)16-22(30(40)34-20)17-25(28)44-4/h5-7,9-10,16-17,20,23H,8,11-15,18-19H2,1-4H3,(H,32,37)(H,33,41)(H,34,40)(H,35,39)/t20-,23+/m0/s1. The van der Waals surface area contributed by atoms with E-state index in [0.717, 1.165) is 5.56 Å². The van der Waals surface area contributed by atoms with Crippen LogP contribution in [0.25, 0.3) is 0 Å². The number of methoxy groups -OCH3 is 3. The molecule has 2 bridgehead atoms. The summed E-state index contributed by atoms with van der Waals surface area (Å²) in [4.78, 5) is 66.3. The highest BCUT2D eigenvalue weighted by atomic mass is 16.5. The van der Waals surface area contributed by atoms with Crippen LogP contribution in [0.15, 0.2) is 42.5 Å². The van der Waals surface area contributed by atoms with Crippen LogP contribution >= 0.6 is 0 Å². The molecule has 2 aliphatic heterocycles. The lowest BCUT2D eigenvalue weighted by Crippen LogP contribution is -2.54. The van der Waals surface area contributed by atoms with Gasteiger partial charge in [0.15, 0.2) is 11.5 Å². The molecule has 2 atom stereocenters. The first-order chi connectivity index (χ1) is 21.7. The number of ether oxygens (including phenoxy) is 4. The summed E-state index contributed by atoms with van der Waals surface area (Å²) < 4.78 is 21.7. The molecule has 4 rings (SSSR count). The van der Waals surface area contributed by atoms with Gasteiger partial charge in [-0.05, 0) is 31.0 Å². The minimum atomic E-state index is -1.02. The second-order valence-electron chi connectivity index (χ2n) is 10.2. The zero-order valence-electron chi connectivity index (χ0n) is 26.0. The Labute approximate surface area is 262 Å². The molecule has 4 N–H and O–H groups in total. The third kappa shape index (κ3) is 10.4. The third-order valence-electron chi connectivity index (χ3n) is 6.90. The SMILES string of the molecule is COCC(=O)N1CCNC(=O)[C@@H](Cc2ccccc2)NC(=O)[C@H](C)NC(=O)c2cc(OC)c(c(OC)c2)OCCCNC(=O)C1. The summed E-state index contributed by atoms with van der Waals surface area (Å²) in [5.41, 5.74) is 0.961. The number of nitrogens with zero attached hydrogens (tertiary/aromatic N) is 1. The number of carbonyl (C=O) groups excluding carboxylic acids is 5. The van der Waals surface area contributed by atoms with E-state index in [-0.39, 0.29) is 68.6 Å². The van der Waals surface area contributed by atoms with Crippen LogP contribution in [-0.4, -0.2) is 107 Å². The van der Waals surface area contributed by atoms with Crippen molar-refractivity contribution in [3.63, 3.8) is 0 Å². The van der Waals surface area contributed by atoms with Crippen LogP contribution in [0.4, 0.5) is 0 Å². The van der Waals surface area contributed by atoms with Gasteiger partial charge in [0.25, 0.3) is 5.91 Å². The van der Waals surface area contributed by atoms with E-state index in [4.69, 9.17) is 18.9 Å². The molecule has 0 fully saturated rings. The second-order valence-corrected chi connectivity index (χ2v) is 10.2. The highest BCUT2D eigenvalue weighted by Gasteiger charge is 2.26. The van der Waals surface area contributed by atoms with Crippen LogP contribution in [0.3, 0.4) is 0 Å². The maximum atomic E-state index is 13.3. The molecule has 2 aliphatic rings. The van der Waals surface area contributed by atoms with Crippen molar-refractivity contribution >= 4 is 29.5 Å². The summed E-state index contributed by atoms with van der Waals surface area (Å²) >= 11 is 0. The number of benzene rings is 2. The van der Waals surface area contributed by atoms with Crippen LogP contribution in [0.2, 0.25) is 0 Å². The molecule has 45 heavy (non-hydrogen) atoms. The van der Waals surface area contributed by atoms with Crippen LogP contribution in [0.5, 0.6) is 17.2 Å². The molecule has 2 aromatic carbocycles. The normalized spacial score (nSPS) is 19.1. The Morgan fingerprint density at radius 1 is 0.933 bits per heavy atom. The Morgan fingerprint density at radius 3 is 2.27 bits per heavy atom. The Bertz CT molecular complexity index is 1310. The van der Waals surface area contributed by atoms with Crippen molar-refractivity contribution in [2.24, 2.45) is 0 Å². The zero-order valence-corrected chi connectivity index (χ0v) is 26.0. The van der Waals surface area contributed by atoms with Gasteiger partial charge in [0.05, 0.1) is 27.4 Å². The fraction of sp³-hybridized carbons (Fsp3) is 0.452. The van der Waals surface area contributed by atoms with Crippen molar-refractivity contribution in [1.82, 2.24) is 26.2 Å². The molecular weight excluding hydrogens is 586 g/mol. The number of amides is 5. The van der Waals surface area contributed by atoms with Crippen molar-refractivity contribution in [2.45, 2.75) is 31.8 Å². The number of fused-ring (bicyclic) bond motifs is 19. The number of carbonyl (C=O) groups is 5. The molecule has 0 radical (unpaired) electrons. The van der Waals surface area contributed by atoms with E-state index in [9.17, 15) is 24.0 Å². The predicted molar refractivity (Wildman–Crippen MR) is 163 cm³/mol. The zero-order chi connectivity index (χ0) is 32.8. The van der Waals surface area contributed by atoms with E-state index in [0.29, 0.717) is 6.42 Å². The molecule has 0 saturated heterocycles. The molecule has 244 valence electrons. The first-order valence-corrected chi connectivity index (χ1v) is 14.5.